The molecule has 86 valence electrons. The molecule has 0 amide bonds. The molecular formula is C10H17NO4. The van der Waals surface area contributed by atoms with Crippen LogP contribution < -0.4 is 0 Å². The molecule has 0 aliphatic carbocycles. The molecule has 0 saturated heterocycles. The monoisotopic (exact) mass is 215 g/mol. The summed E-state index contributed by atoms with van der Waals surface area (Å²) in [5, 5.41) is 16.6. The lowest BCUT2D eigenvalue weighted by Crippen LogP contribution is -2.08. The van der Waals surface area contributed by atoms with Gasteiger partial charge in [0, 0.05) is 13.0 Å². The largest absolute Gasteiger partial charge is 0.394 e. The van der Waals surface area contributed by atoms with Crippen molar-refractivity contribution in [2.24, 2.45) is 0 Å². The maximum absolute atomic E-state index is 10.9. The number of ketones is 1. The molecule has 0 spiro atoms. The summed E-state index contributed by atoms with van der Waals surface area (Å²) in [5.41, 5.74) is 0. The van der Waals surface area contributed by atoms with Crippen LogP contribution in [0, 0.1) is 11.3 Å². The van der Waals surface area contributed by atoms with E-state index >= 15 is 0 Å². The summed E-state index contributed by atoms with van der Waals surface area (Å²) in [6.45, 7) is 1.76. The molecule has 5 heteroatoms. The first-order valence-corrected chi connectivity index (χ1v) is 4.96. The third-order valence-electron chi connectivity index (χ3n) is 1.63. The number of hydrogen-bond acceptors (Lipinski definition) is 5. The average Bonchev–Trinajstić information content (AvgIpc) is 2.22. The van der Waals surface area contributed by atoms with E-state index in [4.69, 9.17) is 19.8 Å². The van der Waals surface area contributed by atoms with Gasteiger partial charge >= 0.3 is 0 Å². The SMILES string of the molecule is N#CCC(=O)CCCOCCOCCO. The van der Waals surface area contributed by atoms with Gasteiger partial charge in [0.15, 0.2) is 0 Å². The molecule has 0 aromatic rings. The fraction of sp³-hybridized carbons (Fsp3) is 0.800. The van der Waals surface area contributed by atoms with Crippen LogP contribution in [0.25, 0.3) is 0 Å². The Morgan fingerprint density at radius 2 is 1.87 bits per heavy atom. The van der Waals surface area contributed by atoms with Crippen molar-refractivity contribution >= 4 is 5.78 Å². The Morgan fingerprint density at radius 1 is 1.20 bits per heavy atom. The third-order valence-corrected chi connectivity index (χ3v) is 1.63. The quantitative estimate of drug-likeness (QED) is 0.529. The molecule has 0 aliphatic rings. The Morgan fingerprint density at radius 3 is 2.47 bits per heavy atom. The Labute approximate surface area is 89.6 Å². The fourth-order valence-corrected chi connectivity index (χ4v) is 0.934. The van der Waals surface area contributed by atoms with Gasteiger partial charge in [0.1, 0.15) is 5.78 Å². The molecule has 0 radical (unpaired) electrons. The van der Waals surface area contributed by atoms with E-state index in [-0.39, 0.29) is 18.8 Å². The number of ether oxygens (including phenoxy) is 2. The van der Waals surface area contributed by atoms with Crippen LogP contribution in [0.1, 0.15) is 19.3 Å². The highest BCUT2D eigenvalue weighted by Crippen LogP contribution is 1.95. The van der Waals surface area contributed by atoms with Crippen LogP contribution in [-0.2, 0) is 14.3 Å². The summed E-state index contributed by atoms with van der Waals surface area (Å²) in [6, 6.07) is 1.81. The van der Waals surface area contributed by atoms with Crippen molar-refractivity contribution in [3.8, 4) is 6.07 Å². The topological polar surface area (TPSA) is 79.6 Å². The van der Waals surface area contributed by atoms with Gasteiger partial charge in [-0.1, -0.05) is 0 Å². The van der Waals surface area contributed by atoms with E-state index in [9.17, 15) is 4.79 Å². The van der Waals surface area contributed by atoms with Crippen LogP contribution in [0.4, 0.5) is 0 Å². The average molecular weight is 215 g/mol. The summed E-state index contributed by atoms with van der Waals surface area (Å²) >= 11 is 0. The van der Waals surface area contributed by atoms with Crippen molar-refractivity contribution in [3.05, 3.63) is 0 Å². The molecule has 0 heterocycles. The Bertz CT molecular complexity index is 200. The number of carbonyl (C=O) groups excluding carboxylic acids is 1. The number of nitrogens with zero attached hydrogens (tertiary/aromatic N) is 1. The van der Waals surface area contributed by atoms with Gasteiger partial charge in [-0.3, -0.25) is 4.79 Å². The molecule has 1 N–H and O–H groups in total. The first-order chi connectivity index (χ1) is 7.31. The van der Waals surface area contributed by atoms with Gasteiger partial charge in [0.25, 0.3) is 0 Å². The van der Waals surface area contributed by atoms with E-state index in [1.54, 1.807) is 0 Å². The van der Waals surface area contributed by atoms with Gasteiger partial charge in [-0.2, -0.15) is 5.26 Å². The van der Waals surface area contributed by atoms with Gasteiger partial charge in [-0.25, -0.2) is 0 Å². The first-order valence-electron chi connectivity index (χ1n) is 4.96. The zero-order valence-electron chi connectivity index (χ0n) is 8.78. The molecular weight excluding hydrogens is 198 g/mol. The minimum atomic E-state index is -0.0439. The van der Waals surface area contributed by atoms with Crippen molar-refractivity contribution in [1.82, 2.24) is 0 Å². The fourth-order valence-electron chi connectivity index (χ4n) is 0.934. The Hall–Kier alpha value is -0.960. The zero-order chi connectivity index (χ0) is 11.4. The number of Topliss-reactive ketones (excluding diaryl/α,β-unsaturated/α-hetero) is 1. The molecule has 0 bridgehead atoms. The van der Waals surface area contributed by atoms with Crippen molar-refractivity contribution < 1.29 is 19.4 Å². The van der Waals surface area contributed by atoms with E-state index < -0.39 is 0 Å². The predicted molar refractivity (Wildman–Crippen MR) is 53.2 cm³/mol. The van der Waals surface area contributed by atoms with Crippen molar-refractivity contribution in [2.45, 2.75) is 19.3 Å². The van der Waals surface area contributed by atoms with Gasteiger partial charge in [-0.05, 0) is 6.42 Å². The molecule has 0 fully saturated rings. The molecule has 0 aliphatic heterocycles. The molecule has 5 nitrogen and oxygen atoms in total. The van der Waals surface area contributed by atoms with Crippen molar-refractivity contribution in [1.29, 1.82) is 5.26 Å². The molecule has 15 heavy (non-hydrogen) atoms. The van der Waals surface area contributed by atoms with Gasteiger partial charge in [-0.15, -0.1) is 0 Å². The van der Waals surface area contributed by atoms with E-state index in [1.807, 2.05) is 6.07 Å². The molecule has 0 atom stereocenters. The summed E-state index contributed by atoms with van der Waals surface area (Å²) < 4.78 is 10.1. The molecule has 0 saturated carbocycles. The van der Waals surface area contributed by atoms with Gasteiger partial charge in [0.05, 0.1) is 38.9 Å². The predicted octanol–water partition coefficient (Wildman–Crippen LogP) is 0.275. The van der Waals surface area contributed by atoms with Crippen LogP contribution in [0.15, 0.2) is 0 Å². The summed E-state index contributed by atoms with van der Waals surface area (Å²) in [7, 11) is 0. The second-order valence-corrected chi connectivity index (χ2v) is 2.93. The lowest BCUT2D eigenvalue weighted by molar-refractivity contribution is -0.118. The Balaban J connectivity index is 3.05. The molecule has 0 aromatic carbocycles. The third kappa shape index (κ3) is 11.0. The summed E-state index contributed by atoms with van der Waals surface area (Å²) in [6.07, 6.45) is 1.02. The lowest BCUT2D eigenvalue weighted by Gasteiger charge is -2.03. The number of aliphatic hydroxyl groups excluding tert-OH is 1. The van der Waals surface area contributed by atoms with Crippen molar-refractivity contribution in [3.63, 3.8) is 0 Å². The standard InChI is InChI=1S/C10H17NO4/c11-4-3-10(13)2-1-6-14-8-9-15-7-5-12/h12H,1-3,5-9H2. The van der Waals surface area contributed by atoms with Crippen LogP contribution in [0.3, 0.4) is 0 Å². The van der Waals surface area contributed by atoms with E-state index in [2.05, 4.69) is 0 Å². The molecule has 0 aromatic heterocycles. The smallest absolute Gasteiger partial charge is 0.147 e. The molecule has 0 unspecified atom stereocenters. The number of hydrogen-bond donors (Lipinski definition) is 1. The van der Waals surface area contributed by atoms with Crippen LogP contribution in [0.5, 0.6) is 0 Å². The summed E-state index contributed by atoms with van der Waals surface area (Å²) in [4.78, 5) is 10.9. The maximum atomic E-state index is 10.9. The van der Waals surface area contributed by atoms with Gasteiger partial charge in [0.2, 0.25) is 0 Å². The van der Waals surface area contributed by atoms with Crippen molar-refractivity contribution in [2.75, 3.05) is 33.0 Å². The second kappa shape index (κ2) is 11.1. The van der Waals surface area contributed by atoms with Crippen LogP contribution in [0.2, 0.25) is 0 Å². The molecule has 0 rings (SSSR count). The number of aliphatic hydroxyl groups is 1. The van der Waals surface area contributed by atoms with Crippen LogP contribution in [-0.4, -0.2) is 43.9 Å². The maximum Gasteiger partial charge on any atom is 0.147 e. The zero-order valence-corrected chi connectivity index (χ0v) is 8.78. The van der Waals surface area contributed by atoms with E-state index in [1.165, 1.54) is 0 Å². The normalized spacial score (nSPS) is 9.87. The minimum absolute atomic E-state index is 0.0143. The first kappa shape index (κ1) is 14.0. The lowest BCUT2D eigenvalue weighted by atomic mass is 10.2. The summed E-state index contributed by atoms with van der Waals surface area (Å²) in [5.74, 6) is -0.0439. The second-order valence-electron chi connectivity index (χ2n) is 2.93. The highest BCUT2D eigenvalue weighted by atomic mass is 16.5. The highest BCUT2D eigenvalue weighted by molar-refractivity contribution is 5.80. The Kier molecular flexibility index (Phi) is 10.4. The minimum Gasteiger partial charge on any atom is -0.394 e. The van der Waals surface area contributed by atoms with Gasteiger partial charge < -0.3 is 14.6 Å². The number of nitriles is 1. The van der Waals surface area contributed by atoms with E-state index in [0.717, 1.165) is 0 Å². The number of rotatable bonds is 10. The van der Waals surface area contributed by atoms with Crippen LogP contribution >= 0.6 is 0 Å². The highest BCUT2D eigenvalue weighted by Gasteiger charge is 1.99. The number of carbonyl (C=O) groups is 1. The van der Waals surface area contributed by atoms with E-state index in [0.29, 0.717) is 39.3 Å².